The summed E-state index contributed by atoms with van der Waals surface area (Å²) >= 11 is 1.69. The molecule has 5 nitrogen and oxygen atoms in total. The Bertz CT molecular complexity index is 3370. The molecule has 0 aliphatic rings. The molecule has 0 aliphatic carbocycles. The lowest BCUT2D eigenvalue weighted by Gasteiger charge is -2.14. The van der Waals surface area contributed by atoms with Crippen LogP contribution in [0, 0.1) is 0 Å². The molecule has 0 atom stereocenters. The summed E-state index contributed by atoms with van der Waals surface area (Å²) in [4.78, 5) is 12.0. The largest absolute Gasteiger partial charge is 0.456 e. The van der Waals surface area contributed by atoms with Crippen LogP contribution in [0.1, 0.15) is 0 Å². The fourth-order valence-corrected chi connectivity index (χ4v) is 9.39. The van der Waals surface area contributed by atoms with Gasteiger partial charge in [0.05, 0.1) is 33.1 Å². The van der Waals surface area contributed by atoms with Gasteiger partial charge in [0, 0.05) is 48.6 Å². The van der Waals surface area contributed by atoms with Crippen molar-refractivity contribution in [3.8, 4) is 22.8 Å². The van der Waals surface area contributed by atoms with E-state index >= 15 is 0 Å². The molecule has 5 heterocycles. The number of para-hydroxylation sites is 4. The first-order valence-electron chi connectivity index (χ1n) is 17.4. The molecule has 5 aromatic heterocycles. The van der Waals surface area contributed by atoms with E-state index in [1.54, 1.807) is 11.3 Å². The van der Waals surface area contributed by atoms with Gasteiger partial charge in [-0.15, -0.1) is 11.3 Å². The molecule has 0 aliphatic heterocycles. The van der Waals surface area contributed by atoms with Gasteiger partial charge in [-0.1, -0.05) is 121 Å². The van der Waals surface area contributed by atoms with E-state index in [-0.39, 0.29) is 0 Å². The summed E-state index contributed by atoms with van der Waals surface area (Å²) < 4.78 is 12.7. The van der Waals surface area contributed by atoms with Crippen LogP contribution in [0.5, 0.6) is 0 Å². The van der Waals surface area contributed by atoms with Gasteiger partial charge in [0.15, 0.2) is 5.82 Å². The van der Waals surface area contributed by atoms with Crippen molar-refractivity contribution < 1.29 is 4.42 Å². The summed E-state index contributed by atoms with van der Waals surface area (Å²) in [6, 6.07) is 55.6. The van der Waals surface area contributed by atoms with Crippen molar-refractivity contribution in [1.29, 1.82) is 0 Å². The fraction of sp³-hybridized carbons (Fsp3) is 0. The molecule has 0 N–H and O–H groups in total. The number of nitrogens with zero attached hydrogens (tertiary/aromatic N) is 4. The van der Waals surface area contributed by atoms with Gasteiger partial charge in [-0.3, -0.25) is 4.57 Å². The highest BCUT2D eigenvalue weighted by molar-refractivity contribution is 7.25. The van der Waals surface area contributed by atoms with Crippen LogP contribution in [0.15, 0.2) is 162 Å². The Kier molecular flexibility index (Phi) is 5.59. The minimum Gasteiger partial charge on any atom is -0.456 e. The fourth-order valence-electron chi connectivity index (χ4n) is 8.38. The van der Waals surface area contributed by atoms with Crippen molar-refractivity contribution in [1.82, 2.24) is 19.1 Å². The van der Waals surface area contributed by atoms with Gasteiger partial charge in [0.25, 0.3) is 0 Å². The summed E-state index contributed by atoms with van der Waals surface area (Å²) in [7, 11) is 0. The van der Waals surface area contributed by atoms with E-state index in [1.807, 2.05) is 6.07 Å². The van der Waals surface area contributed by atoms with Gasteiger partial charge in [0.2, 0.25) is 0 Å². The zero-order valence-electron chi connectivity index (χ0n) is 27.6. The van der Waals surface area contributed by atoms with Crippen LogP contribution in [0.4, 0.5) is 0 Å². The summed E-state index contributed by atoms with van der Waals surface area (Å²) in [6.07, 6.45) is 0. The zero-order chi connectivity index (χ0) is 33.9. The van der Waals surface area contributed by atoms with E-state index in [1.165, 1.54) is 15.5 Å². The number of hydrogen-bond donors (Lipinski definition) is 0. The lowest BCUT2D eigenvalue weighted by atomic mass is 10.0. The minimum absolute atomic E-state index is 0.794. The van der Waals surface area contributed by atoms with E-state index in [2.05, 4.69) is 161 Å². The number of benzene rings is 7. The number of rotatable bonds is 3. The Hall–Kier alpha value is -6.76. The first-order valence-corrected chi connectivity index (χ1v) is 18.2. The Morgan fingerprint density at radius 3 is 1.83 bits per heavy atom. The molecule has 12 rings (SSSR count). The van der Waals surface area contributed by atoms with Crippen molar-refractivity contribution in [3.05, 3.63) is 158 Å². The molecular weight excluding hydrogens is 657 g/mol. The maximum Gasteiger partial charge on any atom is 0.166 e. The van der Waals surface area contributed by atoms with Gasteiger partial charge in [0.1, 0.15) is 27.2 Å². The second kappa shape index (κ2) is 10.4. The molecule has 242 valence electrons. The van der Waals surface area contributed by atoms with Gasteiger partial charge in [-0.25, -0.2) is 9.97 Å². The van der Waals surface area contributed by atoms with E-state index < -0.39 is 0 Å². The van der Waals surface area contributed by atoms with Crippen molar-refractivity contribution in [2.75, 3.05) is 0 Å². The summed E-state index contributed by atoms with van der Waals surface area (Å²) in [5.41, 5.74) is 9.91. The van der Waals surface area contributed by atoms with Crippen LogP contribution in [-0.2, 0) is 0 Å². The normalized spacial score (nSPS) is 12.2. The molecule has 6 heteroatoms. The lowest BCUT2D eigenvalue weighted by Crippen LogP contribution is -2.03. The maximum atomic E-state index is 6.77. The second-order valence-electron chi connectivity index (χ2n) is 13.3. The molecule has 0 amide bonds. The topological polar surface area (TPSA) is 48.8 Å². The molecule has 0 saturated heterocycles. The highest BCUT2D eigenvalue weighted by atomic mass is 32.1. The molecule has 52 heavy (non-hydrogen) atoms. The second-order valence-corrected chi connectivity index (χ2v) is 14.4. The third-order valence-electron chi connectivity index (χ3n) is 10.5. The zero-order valence-corrected chi connectivity index (χ0v) is 28.4. The first-order chi connectivity index (χ1) is 25.8. The number of hydrogen-bond acceptors (Lipinski definition) is 4. The molecule has 7 aromatic carbocycles. The van der Waals surface area contributed by atoms with Gasteiger partial charge >= 0.3 is 0 Å². The Labute approximate surface area is 300 Å². The van der Waals surface area contributed by atoms with Crippen molar-refractivity contribution in [3.63, 3.8) is 0 Å². The molecule has 12 aromatic rings. The van der Waals surface area contributed by atoms with E-state index in [4.69, 9.17) is 14.4 Å². The first kappa shape index (κ1) is 28.0. The quantitative estimate of drug-likeness (QED) is 0.186. The number of thiophene rings is 1. The third-order valence-corrected chi connectivity index (χ3v) is 11.6. The van der Waals surface area contributed by atoms with Gasteiger partial charge in [-0.05, 0) is 30.3 Å². The predicted molar refractivity (Wildman–Crippen MR) is 216 cm³/mol. The predicted octanol–water partition coefficient (Wildman–Crippen LogP) is 12.6. The highest BCUT2D eigenvalue weighted by Crippen LogP contribution is 2.47. The average molecular weight is 683 g/mol. The van der Waals surface area contributed by atoms with Crippen LogP contribution in [0.25, 0.3) is 109 Å². The van der Waals surface area contributed by atoms with E-state index in [0.717, 1.165) is 93.3 Å². The van der Waals surface area contributed by atoms with Crippen molar-refractivity contribution in [2.24, 2.45) is 0 Å². The average Bonchev–Trinajstić information content (AvgIpc) is 3.95. The molecule has 0 spiro atoms. The molecule has 0 fully saturated rings. The number of aromatic nitrogens is 4. The summed E-state index contributed by atoms with van der Waals surface area (Å²) in [6.45, 7) is 0. The summed E-state index contributed by atoms with van der Waals surface area (Å²) in [5, 5.41) is 7.95. The number of fused-ring (bicyclic) bond motifs is 13. The Morgan fingerprint density at radius 2 is 1.08 bits per heavy atom. The third kappa shape index (κ3) is 3.71. The van der Waals surface area contributed by atoms with E-state index in [9.17, 15) is 0 Å². The maximum absolute atomic E-state index is 6.77. The molecule has 0 saturated carbocycles. The number of furan rings is 1. The van der Waals surface area contributed by atoms with Crippen LogP contribution >= 0.6 is 11.3 Å². The van der Waals surface area contributed by atoms with Crippen LogP contribution in [0.3, 0.4) is 0 Å². The molecule has 0 radical (unpaired) electrons. The monoisotopic (exact) mass is 682 g/mol. The Balaban J connectivity index is 1.34. The standard InChI is InChI=1S/C46H26N4OS/c1-2-14-27(15-3-1)42-45(48-46-43(47-42)32-20-8-13-25-39(32)52-46)50-35-23-11-6-18-30(35)40-36(26-38-41(44(40)50)31-19-7-12-24-37(31)51-38)49-33-21-9-4-16-28(33)29-17-5-10-22-34(29)49/h1-26H. The van der Waals surface area contributed by atoms with E-state index in [0.29, 0.717) is 0 Å². The highest BCUT2D eigenvalue weighted by Gasteiger charge is 2.27. The lowest BCUT2D eigenvalue weighted by molar-refractivity contribution is 0.669. The van der Waals surface area contributed by atoms with Crippen LogP contribution in [-0.4, -0.2) is 19.1 Å². The van der Waals surface area contributed by atoms with Crippen molar-refractivity contribution in [2.45, 2.75) is 0 Å². The van der Waals surface area contributed by atoms with Crippen LogP contribution < -0.4 is 0 Å². The van der Waals surface area contributed by atoms with Gasteiger partial charge < -0.3 is 8.98 Å². The van der Waals surface area contributed by atoms with Crippen molar-refractivity contribution >= 4 is 97.3 Å². The smallest absolute Gasteiger partial charge is 0.166 e. The molecule has 0 bridgehead atoms. The Morgan fingerprint density at radius 1 is 0.481 bits per heavy atom. The SMILES string of the molecule is c1ccc(-c2nc3c(nc2-n2c4ccccc4c4c(-n5c6ccccc6c6ccccc65)cc5oc6ccccc6c5c42)sc2ccccc23)cc1. The molecule has 0 unspecified atom stereocenters. The minimum atomic E-state index is 0.794. The van der Waals surface area contributed by atoms with Gasteiger partial charge in [-0.2, -0.15) is 0 Å². The van der Waals surface area contributed by atoms with Crippen LogP contribution in [0.2, 0.25) is 0 Å². The molecular formula is C46H26N4OS. The summed E-state index contributed by atoms with van der Waals surface area (Å²) in [5.74, 6) is 0.794.